The third-order valence-corrected chi connectivity index (χ3v) is 13.6. The number of allylic oxidation sites excluding steroid dienone is 8. The van der Waals surface area contributed by atoms with Gasteiger partial charge in [-0.2, -0.15) is 0 Å². The van der Waals surface area contributed by atoms with Crippen LogP contribution in [0, 0.1) is 0 Å². The first-order valence-corrected chi connectivity index (χ1v) is 29.5. The molecule has 0 aromatic heterocycles. The molecule has 0 spiro atoms. The monoisotopic (exact) mass is 950 g/mol. The third-order valence-electron chi connectivity index (χ3n) is 12.6. The highest BCUT2D eigenvalue weighted by Crippen LogP contribution is 2.43. The van der Waals surface area contributed by atoms with E-state index in [1.807, 2.05) is 21.1 Å². The zero-order valence-electron chi connectivity index (χ0n) is 44.2. The van der Waals surface area contributed by atoms with Gasteiger partial charge in [-0.3, -0.25) is 13.8 Å². The number of hydrogen-bond acceptors (Lipinski definition) is 5. The molecule has 0 saturated heterocycles. The van der Waals surface area contributed by atoms with Gasteiger partial charge in [0.25, 0.3) is 0 Å². The fourth-order valence-electron chi connectivity index (χ4n) is 8.22. The van der Waals surface area contributed by atoms with Crippen LogP contribution in [-0.4, -0.2) is 73.4 Å². The molecule has 0 aliphatic carbocycles. The van der Waals surface area contributed by atoms with E-state index in [0.29, 0.717) is 23.9 Å². The van der Waals surface area contributed by atoms with E-state index in [1.54, 1.807) is 0 Å². The number of aliphatic hydroxyl groups excluding tert-OH is 1. The lowest BCUT2D eigenvalue weighted by Gasteiger charge is -2.26. The smallest absolute Gasteiger partial charge is 0.391 e. The quantitative estimate of drug-likeness (QED) is 0.0243. The standard InChI is InChI=1S/C57H109N2O6P/c1-6-8-10-12-14-16-18-19-20-21-22-23-24-25-26-27-28-29-30-31-32-33-34-35-36-37-38-39-41-43-45-47-49-51-57(61)58-55(54-65-66(62,63)64-53-52-59(3,4)5)56(60)50-48-46-44-42-40-17-15-13-11-9-7-2/h8,10,14,16,19-20,22-23,55-56,60H,6-7,9,11-13,15,17-18,21,24-54H2,1-5H3,(H-,58,61,62,63)/p+1/b10-8-,16-14-,20-19-,23-22-. The zero-order chi connectivity index (χ0) is 48.5. The molecule has 0 bridgehead atoms. The molecule has 0 radical (unpaired) electrons. The van der Waals surface area contributed by atoms with Gasteiger partial charge in [0.2, 0.25) is 5.91 Å². The lowest BCUT2D eigenvalue weighted by molar-refractivity contribution is -0.870. The topological polar surface area (TPSA) is 105 Å². The van der Waals surface area contributed by atoms with Crippen LogP contribution in [0.5, 0.6) is 0 Å². The van der Waals surface area contributed by atoms with Crippen LogP contribution in [-0.2, 0) is 18.4 Å². The van der Waals surface area contributed by atoms with Crippen molar-refractivity contribution in [2.75, 3.05) is 40.9 Å². The van der Waals surface area contributed by atoms with E-state index in [0.717, 1.165) is 64.2 Å². The summed E-state index contributed by atoms with van der Waals surface area (Å²) < 4.78 is 23.7. The Bertz CT molecular complexity index is 1210. The van der Waals surface area contributed by atoms with Crippen molar-refractivity contribution in [3.63, 3.8) is 0 Å². The lowest BCUT2D eigenvalue weighted by atomic mass is 10.0. The number of quaternary nitrogens is 1. The highest BCUT2D eigenvalue weighted by molar-refractivity contribution is 7.47. The Balaban J connectivity index is 3.95. The SMILES string of the molecule is CC/C=C\C/C=C\C/C=C\C/C=C\CCCCCCCCCCCCCCCCCCCCCCC(=O)NC(COP(=O)(O)OCC[N+](C)(C)C)C(O)CCCCCCCCCCCCC. The molecule has 9 heteroatoms. The van der Waals surface area contributed by atoms with Crippen molar-refractivity contribution in [3.8, 4) is 0 Å². The average Bonchev–Trinajstić information content (AvgIpc) is 3.28. The Labute approximate surface area is 409 Å². The first-order chi connectivity index (χ1) is 32.0. The Morgan fingerprint density at radius 1 is 0.530 bits per heavy atom. The molecule has 0 aliphatic rings. The number of hydrogen-bond donors (Lipinski definition) is 3. The van der Waals surface area contributed by atoms with Crippen LogP contribution in [0.2, 0.25) is 0 Å². The van der Waals surface area contributed by atoms with E-state index >= 15 is 0 Å². The van der Waals surface area contributed by atoms with Crippen LogP contribution in [0.15, 0.2) is 48.6 Å². The Hall–Kier alpha value is -1.54. The van der Waals surface area contributed by atoms with Crippen LogP contribution in [0.3, 0.4) is 0 Å². The molecule has 3 atom stereocenters. The van der Waals surface area contributed by atoms with Crippen LogP contribution in [0.25, 0.3) is 0 Å². The van der Waals surface area contributed by atoms with Crippen molar-refractivity contribution >= 4 is 13.7 Å². The predicted molar refractivity (Wildman–Crippen MR) is 286 cm³/mol. The van der Waals surface area contributed by atoms with Crippen molar-refractivity contribution < 1.29 is 32.9 Å². The Morgan fingerprint density at radius 2 is 0.909 bits per heavy atom. The van der Waals surface area contributed by atoms with Crippen LogP contribution < -0.4 is 5.32 Å². The number of phosphoric ester groups is 1. The van der Waals surface area contributed by atoms with Gasteiger partial charge in [-0.1, -0.05) is 249 Å². The number of phosphoric acid groups is 1. The van der Waals surface area contributed by atoms with E-state index in [1.165, 1.54) is 167 Å². The molecule has 3 unspecified atom stereocenters. The molecule has 388 valence electrons. The molecule has 66 heavy (non-hydrogen) atoms. The van der Waals surface area contributed by atoms with E-state index in [2.05, 4.69) is 67.8 Å². The number of amides is 1. The third kappa shape index (κ3) is 50.3. The van der Waals surface area contributed by atoms with Gasteiger partial charge < -0.3 is 19.8 Å². The number of nitrogens with one attached hydrogen (secondary N) is 1. The van der Waals surface area contributed by atoms with Gasteiger partial charge in [0.1, 0.15) is 13.2 Å². The highest BCUT2D eigenvalue weighted by Gasteiger charge is 2.28. The summed E-state index contributed by atoms with van der Waals surface area (Å²) in [6, 6.07) is -0.758. The van der Waals surface area contributed by atoms with Gasteiger partial charge in [-0.25, -0.2) is 4.57 Å². The summed E-state index contributed by atoms with van der Waals surface area (Å²) in [6.45, 7) is 4.78. The molecule has 1 amide bonds. The molecule has 8 nitrogen and oxygen atoms in total. The molecular formula is C57H110N2O6P+. The van der Waals surface area contributed by atoms with Crippen molar-refractivity contribution in [1.82, 2.24) is 5.32 Å². The van der Waals surface area contributed by atoms with Crippen molar-refractivity contribution in [2.24, 2.45) is 0 Å². The van der Waals surface area contributed by atoms with Crippen molar-refractivity contribution in [3.05, 3.63) is 48.6 Å². The normalized spacial score (nSPS) is 14.3. The maximum atomic E-state index is 12.9. The summed E-state index contributed by atoms with van der Waals surface area (Å²) in [6.07, 6.45) is 63.2. The zero-order valence-corrected chi connectivity index (χ0v) is 45.1. The van der Waals surface area contributed by atoms with Crippen LogP contribution in [0.4, 0.5) is 0 Å². The van der Waals surface area contributed by atoms with Gasteiger partial charge in [0.05, 0.1) is 39.9 Å². The van der Waals surface area contributed by atoms with E-state index < -0.39 is 20.0 Å². The first-order valence-electron chi connectivity index (χ1n) is 28.0. The molecule has 0 aliphatic heterocycles. The second kappa shape index (κ2) is 48.5. The van der Waals surface area contributed by atoms with E-state index in [4.69, 9.17) is 9.05 Å². The summed E-state index contributed by atoms with van der Waals surface area (Å²) >= 11 is 0. The minimum atomic E-state index is -4.31. The summed E-state index contributed by atoms with van der Waals surface area (Å²) in [5, 5.41) is 14.0. The summed E-state index contributed by atoms with van der Waals surface area (Å²) in [4.78, 5) is 23.2. The second-order valence-corrected chi connectivity index (χ2v) is 21.7. The maximum absolute atomic E-state index is 12.9. The number of aliphatic hydroxyl groups is 1. The predicted octanol–water partition coefficient (Wildman–Crippen LogP) is 16.8. The summed E-state index contributed by atoms with van der Waals surface area (Å²) in [7, 11) is 1.62. The molecule has 0 aromatic rings. The number of carbonyl (C=O) groups is 1. The number of likely N-dealkylation sites (N-methyl/N-ethyl adjacent to an activating group) is 1. The van der Waals surface area contributed by atoms with Crippen LogP contribution in [0.1, 0.15) is 258 Å². The molecule has 0 aromatic carbocycles. The maximum Gasteiger partial charge on any atom is 0.472 e. The van der Waals surface area contributed by atoms with Crippen molar-refractivity contribution in [2.45, 2.75) is 270 Å². The first kappa shape index (κ1) is 64.5. The van der Waals surface area contributed by atoms with E-state index in [-0.39, 0.29) is 19.1 Å². The molecule has 0 saturated carbocycles. The summed E-state index contributed by atoms with van der Waals surface area (Å²) in [5.74, 6) is -0.143. The number of unbranched alkanes of at least 4 members (excludes halogenated alkanes) is 30. The number of rotatable bonds is 51. The summed E-state index contributed by atoms with van der Waals surface area (Å²) in [5.41, 5.74) is 0. The Kier molecular flexibility index (Phi) is 47.4. The Morgan fingerprint density at radius 3 is 1.33 bits per heavy atom. The lowest BCUT2D eigenvalue weighted by Crippen LogP contribution is -2.46. The van der Waals surface area contributed by atoms with Gasteiger partial charge in [0.15, 0.2) is 0 Å². The van der Waals surface area contributed by atoms with Gasteiger partial charge >= 0.3 is 7.82 Å². The van der Waals surface area contributed by atoms with Crippen LogP contribution >= 0.6 is 7.82 Å². The number of carbonyl (C=O) groups excluding carboxylic acids is 1. The van der Waals surface area contributed by atoms with E-state index in [9.17, 15) is 19.4 Å². The average molecular weight is 950 g/mol. The molecule has 0 rings (SSSR count). The molecular weight excluding hydrogens is 840 g/mol. The van der Waals surface area contributed by atoms with Crippen molar-refractivity contribution in [1.29, 1.82) is 0 Å². The molecule has 0 fully saturated rings. The highest BCUT2D eigenvalue weighted by atomic mass is 31.2. The largest absolute Gasteiger partial charge is 0.472 e. The van der Waals surface area contributed by atoms with Gasteiger partial charge in [0, 0.05) is 6.42 Å². The fourth-order valence-corrected chi connectivity index (χ4v) is 8.95. The van der Waals surface area contributed by atoms with Gasteiger partial charge in [-0.15, -0.1) is 0 Å². The molecule has 0 heterocycles. The minimum Gasteiger partial charge on any atom is -0.391 e. The molecule has 3 N–H and O–H groups in total. The number of nitrogens with zero attached hydrogens (tertiary/aromatic N) is 1. The van der Waals surface area contributed by atoms with Gasteiger partial charge in [-0.05, 0) is 51.4 Å². The fraction of sp³-hybridized carbons (Fsp3) is 0.842. The minimum absolute atomic E-state index is 0.0755. The second-order valence-electron chi connectivity index (χ2n) is 20.3.